The molecule has 5 nitrogen and oxygen atoms in total. The van der Waals surface area contributed by atoms with Crippen LogP contribution < -0.4 is 0 Å². The Bertz CT molecular complexity index is 408. The van der Waals surface area contributed by atoms with Gasteiger partial charge in [0.15, 0.2) is 0 Å². The van der Waals surface area contributed by atoms with Crippen LogP contribution in [0.1, 0.15) is 24.6 Å². The molecule has 0 radical (unpaired) electrons. The average molecular weight is 217 g/mol. The van der Waals surface area contributed by atoms with Gasteiger partial charge < -0.3 is 10.1 Å². The molecule has 0 unspecified atom stereocenters. The fraction of sp³-hybridized carbons (Fsp3) is 0.625. The molecule has 0 aliphatic heterocycles. The van der Waals surface area contributed by atoms with Crippen LogP contribution >= 0.6 is 0 Å². The first-order valence-electron chi connectivity index (χ1n) is 4.47. The third-order valence-electron chi connectivity index (χ3n) is 2.51. The lowest BCUT2D eigenvalue weighted by Gasteiger charge is -2.33. The van der Waals surface area contributed by atoms with Gasteiger partial charge in [0.05, 0.1) is 22.9 Å². The van der Waals surface area contributed by atoms with Gasteiger partial charge in [0.2, 0.25) is 0 Å². The first kappa shape index (κ1) is 10.0. The fourth-order valence-corrected chi connectivity index (χ4v) is 1.73. The number of nitro groups is 1. The summed E-state index contributed by atoms with van der Waals surface area (Å²) < 4.78 is 26.5. The van der Waals surface area contributed by atoms with Gasteiger partial charge in [-0.25, -0.2) is 8.78 Å². The summed E-state index contributed by atoms with van der Waals surface area (Å²) >= 11 is 0. The molecule has 1 fully saturated rings. The van der Waals surface area contributed by atoms with Crippen molar-refractivity contribution in [1.29, 1.82) is 0 Å². The van der Waals surface area contributed by atoms with Gasteiger partial charge in [-0.2, -0.15) is 4.68 Å². The first-order valence-corrected chi connectivity index (χ1v) is 4.47. The third-order valence-corrected chi connectivity index (χ3v) is 2.51. The van der Waals surface area contributed by atoms with E-state index >= 15 is 0 Å². The van der Waals surface area contributed by atoms with Gasteiger partial charge in [0.25, 0.3) is 5.92 Å². The van der Waals surface area contributed by atoms with E-state index in [0.717, 1.165) is 0 Å². The van der Waals surface area contributed by atoms with Crippen LogP contribution in [0.2, 0.25) is 0 Å². The van der Waals surface area contributed by atoms with Crippen molar-refractivity contribution in [2.24, 2.45) is 0 Å². The molecule has 7 heteroatoms. The zero-order chi connectivity index (χ0) is 11.2. The minimum atomic E-state index is -2.64. The Hall–Kier alpha value is -1.53. The molecule has 0 aromatic carbocycles. The molecule has 15 heavy (non-hydrogen) atoms. The Balaban J connectivity index is 2.20. The standard InChI is InChI=1S/C8H9F2N3O2/c1-5-2-7(13(14)15)11-12(5)6-3-8(9,10)4-6/h2,6H,3-4H2,1H3. The van der Waals surface area contributed by atoms with Crippen molar-refractivity contribution in [3.63, 3.8) is 0 Å². The number of rotatable bonds is 2. The molecule has 1 aliphatic carbocycles. The summed E-state index contributed by atoms with van der Waals surface area (Å²) in [5.74, 6) is -2.93. The van der Waals surface area contributed by atoms with Gasteiger partial charge in [-0.1, -0.05) is 0 Å². The summed E-state index contributed by atoms with van der Waals surface area (Å²) in [4.78, 5) is 9.78. The Morgan fingerprint density at radius 3 is 2.67 bits per heavy atom. The van der Waals surface area contributed by atoms with Crippen LogP contribution in [0.5, 0.6) is 0 Å². The highest BCUT2D eigenvalue weighted by Gasteiger charge is 2.48. The zero-order valence-electron chi connectivity index (χ0n) is 7.98. The summed E-state index contributed by atoms with van der Waals surface area (Å²) in [7, 11) is 0. The van der Waals surface area contributed by atoms with Gasteiger partial charge in [-0.15, -0.1) is 0 Å². The number of alkyl halides is 2. The topological polar surface area (TPSA) is 61.0 Å². The van der Waals surface area contributed by atoms with Gasteiger partial charge in [-0.05, 0) is 11.8 Å². The SMILES string of the molecule is Cc1cc([N+](=O)[O-])nn1C1CC(F)(F)C1. The van der Waals surface area contributed by atoms with Crippen molar-refractivity contribution in [3.8, 4) is 0 Å². The predicted octanol–water partition coefficient (Wildman–Crippen LogP) is 2.07. The molecule has 1 saturated carbocycles. The summed E-state index contributed by atoms with van der Waals surface area (Å²) in [6, 6.07) is 0.880. The van der Waals surface area contributed by atoms with E-state index in [1.54, 1.807) is 6.92 Å². The van der Waals surface area contributed by atoms with E-state index in [4.69, 9.17) is 0 Å². The lowest BCUT2D eigenvalue weighted by atomic mass is 9.88. The van der Waals surface area contributed by atoms with Crippen molar-refractivity contribution < 1.29 is 13.7 Å². The maximum absolute atomic E-state index is 12.6. The van der Waals surface area contributed by atoms with Crippen LogP contribution in [-0.4, -0.2) is 20.6 Å². The number of hydrogen-bond acceptors (Lipinski definition) is 3. The molecule has 0 bridgehead atoms. The molecule has 2 rings (SSSR count). The van der Waals surface area contributed by atoms with E-state index < -0.39 is 16.9 Å². The Kier molecular flexibility index (Phi) is 1.99. The smallest absolute Gasteiger partial charge is 0.358 e. The summed E-state index contributed by atoms with van der Waals surface area (Å²) in [6.45, 7) is 1.62. The second kappa shape index (κ2) is 2.98. The number of aromatic nitrogens is 2. The Morgan fingerprint density at radius 2 is 2.27 bits per heavy atom. The number of nitrogens with zero attached hydrogens (tertiary/aromatic N) is 3. The summed E-state index contributed by atoms with van der Waals surface area (Å²) in [5.41, 5.74) is 0.544. The van der Waals surface area contributed by atoms with E-state index in [-0.39, 0.29) is 18.7 Å². The minimum Gasteiger partial charge on any atom is -0.358 e. The predicted molar refractivity (Wildman–Crippen MR) is 46.8 cm³/mol. The lowest BCUT2D eigenvalue weighted by Crippen LogP contribution is -2.37. The summed E-state index contributed by atoms with van der Waals surface area (Å²) in [6.07, 6.45) is -0.570. The van der Waals surface area contributed by atoms with Gasteiger partial charge in [0, 0.05) is 12.8 Å². The van der Waals surface area contributed by atoms with E-state index in [0.29, 0.717) is 5.69 Å². The van der Waals surface area contributed by atoms with Crippen LogP contribution in [0.15, 0.2) is 6.07 Å². The van der Waals surface area contributed by atoms with Crippen LogP contribution in [0, 0.1) is 17.0 Å². The maximum atomic E-state index is 12.6. The molecule has 1 aromatic heterocycles. The molecule has 0 amide bonds. The molecule has 0 saturated heterocycles. The molecule has 1 aliphatic rings. The number of aryl methyl sites for hydroxylation is 1. The van der Waals surface area contributed by atoms with Crippen LogP contribution in [-0.2, 0) is 0 Å². The quantitative estimate of drug-likeness (QED) is 0.562. The minimum absolute atomic E-state index is 0.285. The van der Waals surface area contributed by atoms with Gasteiger partial charge in [-0.3, -0.25) is 0 Å². The lowest BCUT2D eigenvalue weighted by molar-refractivity contribution is -0.390. The zero-order valence-corrected chi connectivity index (χ0v) is 7.98. The van der Waals surface area contributed by atoms with Gasteiger partial charge in [0.1, 0.15) is 0 Å². The second-order valence-electron chi connectivity index (χ2n) is 3.76. The van der Waals surface area contributed by atoms with Crippen molar-refractivity contribution in [3.05, 3.63) is 21.9 Å². The molecule has 1 heterocycles. The van der Waals surface area contributed by atoms with E-state index in [1.165, 1.54) is 10.7 Å². The highest BCUT2D eigenvalue weighted by molar-refractivity contribution is 5.22. The molecular formula is C8H9F2N3O2. The number of hydrogen-bond donors (Lipinski definition) is 0. The molecular weight excluding hydrogens is 208 g/mol. The van der Waals surface area contributed by atoms with Crippen LogP contribution in [0.25, 0.3) is 0 Å². The first-order chi connectivity index (χ1) is 6.89. The fourth-order valence-electron chi connectivity index (χ4n) is 1.73. The van der Waals surface area contributed by atoms with Crippen molar-refractivity contribution in [1.82, 2.24) is 9.78 Å². The highest BCUT2D eigenvalue weighted by Crippen LogP contribution is 2.45. The van der Waals surface area contributed by atoms with E-state index in [2.05, 4.69) is 5.10 Å². The molecule has 0 N–H and O–H groups in total. The Morgan fingerprint density at radius 1 is 1.67 bits per heavy atom. The van der Waals surface area contributed by atoms with Crippen molar-refractivity contribution in [2.75, 3.05) is 0 Å². The average Bonchev–Trinajstić information content (AvgIpc) is 2.43. The van der Waals surface area contributed by atoms with Crippen molar-refractivity contribution in [2.45, 2.75) is 31.7 Å². The number of halogens is 2. The molecule has 0 atom stereocenters. The normalized spacial score (nSPS) is 19.9. The second-order valence-corrected chi connectivity index (χ2v) is 3.76. The molecule has 1 aromatic rings. The monoisotopic (exact) mass is 217 g/mol. The molecule has 82 valence electrons. The van der Waals surface area contributed by atoms with Gasteiger partial charge >= 0.3 is 5.82 Å². The van der Waals surface area contributed by atoms with E-state index in [9.17, 15) is 18.9 Å². The largest absolute Gasteiger partial charge is 0.390 e. The van der Waals surface area contributed by atoms with E-state index in [1.807, 2.05) is 0 Å². The van der Waals surface area contributed by atoms with Crippen molar-refractivity contribution >= 4 is 5.82 Å². The maximum Gasteiger partial charge on any atom is 0.390 e. The highest BCUT2D eigenvalue weighted by atomic mass is 19.3. The van der Waals surface area contributed by atoms with Crippen LogP contribution in [0.3, 0.4) is 0 Å². The van der Waals surface area contributed by atoms with Crippen LogP contribution in [0.4, 0.5) is 14.6 Å². The third kappa shape index (κ3) is 1.69. The summed E-state index contributed by atoms with van der Waals surface area (Å²) in [5, 5.41) is 14.1. The Labute approximate surface area is 83.8 Å². The molecule has 0 spiro atoms.